The Morgan fingerprint density at radius 3 is 2.21 bits per heavy atom. The molecule has 3 heterocycles. The normalized spacial score (nSPS) is 24.4. The summed E-state index contributed by atoms with van der Waals surface area (Å²) < 4.78 is 1.74. The highest BCUT2D eigenvalue weighted by Gasteiger charge is 2.50. The third kappa shape index (κ3) is 3.55. The number of anilines is 1. The minimum atomic E-state index is -1.04. The van der Waals surface area contributed by atoms with E-state index in [2.05, 4.69) is 0 Å². The number of aliphatic hydroxyl groups is 1. The van der Waals surface area contributed by atoms with Crippen molar-refractivity contribution in [2.24, 2.45) is 0 Å². The molecule has 33 heavy (non-hydrogen) atoms. The van der Waals surface area contributed by atoms with Crippen LogP contribution in [-0.2, 0) is 10.2 Å². The average molecular weight is 468 g/mol. The van der Waals surface area contributed by atoms with Gasteiger partial charge in [-0.25, -0.2) is 4.42 Å². The van der Waals surface area contributed by atoms with Crippen molar-refractivity contribution in [3.05, 3.63) is 65.2 Å². The number of halogens is 1. The summed E-state index contributed by atoms with van der Waals surface area (Å²) in [6, 6.07) is 14.4. The Labute approximate surface area is 197 Å². The van der Waals surface area contributed by atoms with Gasteiger partial charge in [-0.3, -0.25) is 19.3 Å². The molecule has 3 amide bonds. The zero-order valence-corrected chi connectivity index (χ0v) is 19.2. The monoisotopic (exact) mass is 467 g/mol. The molecule has 1 fully saturated rings. The molecule has 3 aliphatic heterocycles. The molecule has 1 N–H and O–H groups in total. The second kappa shape index (κ2) is 8.24. The van der Waals surface area contributed by atoms with E-state index in [1.165, 1.54) is 0 Å². The minimum absolute atomic E-state index is 0.0452. The van der Waals surface area contributed by atoms with Crippen molar-refractivity contribution in [3.8, 4) is 0 Å². The summed E-state index contributed by atoms with van der Waals surface area (Å²) in [7, 11) is 0. The van der Waals surface area contributed by atoms with Gasteiger partial charge in [0, 0.05) is 24.8 Å². The third-order valence-corrected chi connectivity index (χ3v) is 7.48. The fourth-order valence-electron chi connectivity index (χ4n) is 5.44. The van der Waals surface area contributed by atoms with E-state index in [4.69, 9.17) is 11.8 Å². The number of imide groups is 1. The minimum Gasteiger partial charge on any atom is -0.391 e. The molecule has 2 atom stereocenters. The molecule has 2 aromatic carbocycles. The fourth-order valence-corrected chi connectivity index (χ4v) is 5.64. The summed E-state index contributed by atoms with van der Waals surface area (Å²) in [5.74, 6) is -0.877. The summed E-state index contributed by atoms with van der Waals surface area (Å²) in [4.78, 5) is 42.1. The quantitative estimate of drug-likeness (QED) is 0.540. The molecule has 1 saturated heterocycles. The smallest absolute Gasteiger partial charge is 0.261 e. The maximum Gasteiger partial charge on any atom is 0.261 e. The summed E-state index contributed by atoms with van der Waals surface area (Å²) in [6.07, 6.45) is 0.620. The summed E-state index contributed by atoms with van der Waals surface area (Å²) in [6.45, 7) is 3.10. The van der Waals surface area contributed by atoms with Crippen LogP contribution in [0.2, 0.25) is 0 Å². The van der Waals surface area contributed by atoms with Crippen LogP contribution >= 0.6 is 11.8 Å². The second-order valence-electron chi connectivity index (χ2n) is 9.29. The zero-order valence-electron chi connectivity index (χ0n) is 18.4. The molecule has 0 aliphatic carbocycles. The van der Waals surface area contributed by atoms with Crippen molar-refractivity contribution < 1.29 is 19.5 Å². The Morgan fingerprint density at radius 1 is 1.00 bits per heavy atom. The first-order chi connectivity index (χ1) is 15.8. The van der Waals surface area contributed by atoms with Crippen LogP contribution in [0.4, 0.5) is 5.69 Å². The lowest BCUT2D eigenvalue weighted by Gasteiger charge is -2.35. The predicted octanol–water partition coefficient (Wildman–Crippen LogP) is 2.96. The van der Waals surface area contributed by atoms with Gasteiger partial charge in [-0.1, -0.05) is 30.3 Å². The van der Waals surface area contributed by atoms with Gasteiger partial charge in [-0.05, 0) is 61.7 Å². The molecule has 2 unspecified atom stereocenters. The number of aliphatic hydroxyl groups excluding tert-OH is 1. The molecule has 8 heteroatoms. The number of β-amino-alcohol motifs (C(OH)–C–C–N with tert-alkyl or cyclic N) is 1. The van der Waals surface area contributed by atoms with Gasteiger partial charge in [0.15, 0.2) is 0 Å². The number of carbonyl (C=O) groups excluding carboxylic acids is 3. The number of amides is 3. The molecule has 172 valence electrons. The number of fused-ring (bicyclic) bond motifs is 2. The topological polar surface area (TPSA) is 81.2 Å². The molecule has 0 spiro atoms. The molecule has 7 nitrogen and oxygen atoms in total. The largest absolute Gasteiger partial charge is 0.391 e. The highest BCUT2D eigenvalue weighted by molar-refractivity contribution is 6.21. The molecule has 2 aromatic rings. The number of rotatable bonds is 5. The number of hydrogen-bond acceptors (Lipinski definition) is 5. The van der Waals surface area contributed by atoms with E-state index in [0.717, 1.165) is 29.0 Å². The SMILES string of the molecule is CC1(CC(O)CN2C(=O)c3ccccc3C2=O)C(=O)N(C2CCN(Cl)CC2)c2ccccc21. The van der Waals surface area contributed by atoms with Gasteiger partial charge in [-0.15, -0.1) is 0 Å². The van der Waals surface area contributed by atoms with Crippen molar-refractivity contribution in [1.82, 2.24) is 9.32 Å². The zero-order chi connectivity index (χ0) is 23.3. The second-order valence-corrected chi connectivity index (χ2v) is 9.77. The van der Waals surface area contributed by atoms with Gasteiger partial charge >= 0.3 is 0 Å². The van der Waals surface area contributed by atoms with Gasteiger partial charge in [0.05, 0.1) is 29.2 Å². The van der Waals surface area contributed by atoms with E-state index in [0.29, 0.717) is 24.2 Å². The molecule has 0 saturated carbocycles. The van der Waals surface area contributed by atoms with Crippen molar-refractivity contribution in [2.75, 3.05) is 24.5 Å². The standard InChI is InChI=1S/C25H26ClN3O4/c1-25(14-17(30)15-28-22(31)18-6-2-3-7-19(18)23(28)32)20-8-4-5-9-21(20)29(24(25)33)16-10-12-27(26)13-11-16/h2-9,16-17,30H,10-15H2,1H3. The van der Waals surface area contributed by atoms with Gasteiger partial charge < -0.3 is 10.0 Å². The molecule has 5 rings (SSSR count). The summed E-state index contributed by atoms with van der Waals surface area (Å²) in [5, 5.41) is 11.0. The van der Waals surface area contributed by atoms with Crippen molar-refractivity contribution in [1.29, 1.82) is 0 Å². The number of para-hydroxylation sites is 1. The lowest BCUT2D eigenvalue weighted by Crippen LogP contribution is -2.49. The van der Waals surface area contributed by atoms with Crippen molar-refractivity contribution >= 4 is 35.2 Å². The third-order valence-electron chi connectivity index (χ3n) is 7.14. The van der Waals surface area contributed by atoms with Crippen LogP contribution in [0.1, 0.15) is 52.5 Å². The number of benzene rings is 2. The van der Waals surface area contributed by atoms with E-state index >= 15 is 0 Å². The van der Waals surface area contributed by atoms with Crippen molar-refractivity contribution in [2.45, 2.75) is 43.7 Å². The van der Waals surface area contributed by atoms with Crippen LogP contribution in [0.15, 0.2) is 48.5 Å². The van der Waals surface area contributed by atoms with E-state index < -0.39 is 23.3 Å². The maximum atomic E-state index is 13.8. The Balaban J connectivity index is 1.37. The highest BCUT2D eigenvalue weighted by atomic mass is 35.5. The lowest BCUT2D eigenvalue weighted by atomic mass is 9.78. The Kier molecular flexibility index (Phi) is 5.51. The number of carbonyl (C=O) groups is 3. The first-order valence-electron chi connectivity index (χ1n) is 11.3. The van der Waals surface area contributed by atoms with Crippen LogP contribution in [0.3, 0.4) is 0 Å². The Bertz CT molecular complexity index is 1100. The lowest BCUT2D eigenvalue weighted by molar-refractivity contribution is -0.124. The van der Waals surface area contributed by atoms with Gasteiger partial charge in [0.1, 0.15) is 0 Å². The van der Waals surface area contributed by atoms with Gasteiger partial charge in [0.25, 0.3) is 11.8 Å². The van der Waals surface area contributed by atoms with Crippen molar-refractivity contribution in [3.63, 3.8) is 0 Å². The molecule has 0 radical (unpaired) electrons. The summed E-state index contributed by atoms with van der Waals surface area (Å²) >= 11 is 6.13. The summed E-state index contributed by atoms with van der Waals surface area (Å²) in [5.41, 5.74) is 1.47. The van der Waals surface area contributed by atoms with Gasteiger partial charge in [0.2, 0.25) is 5.91 Å². The molecule has 0 aromatic heterocycles. The predicted molar refractivity (Wildman–Crippen MR) is 124 cm³/mol. The first kappa shape index (κ1) is 22.1. The number of hydrogen-bond donors (Lipinski definition) is 1. The van der Waals surface area contributed by atoms with E-state index in [9.17, 15) is 19.5 Å². The van der Waals surface area contributed by atoms with Crippen LogP contribution in [0.5, 0.6) is 0 Å². The number of piperidine rings is 1. The first-order valence-corrected chi connectivity index (χ1v) is 11.6. The van der Waals surface area contributed by atoms with E-state index in [1.54, 1.807) is 28.7 Å². The maximum absolute atomic E-state index is 13.8. The highest BCUT2D eigenvalue weighted by Crippen LogP contribution is 2.46. The molecule has 3 aliphatic rings. The average Bonchev–Trinajstić information content (AvgIpc) is 3.18. The number of nitrogens with zero attached hydrogens (tertiary/aromatic N) is 3. The van der Waals surface area contributed by atoms with Crippen LogP contribution in [-0.4, -0.2) is 63.9 Å². The van der Waals surface area contributed by atoms with E-state index in [-0.39, 0.29) is 24.9 Å². The molecular formula is C25H26ClN3O4. The Morgan fingerprint density at radius 2 is 1.58 bits per heavy atom. The van der Waals surface area contributed by atoms with Crippen LogP contribution in [0.25, 0.3) is 0 Å². The van der Waals surface area contributed by atoms with Gasteiger partial charge in [-0.2, -0.15) is 0 Å². The Hall–Kier alpha value is -2.74. The van der Waals surface area contributed by atoms with E-state index in [1.807, 2.05) is 36.1 Å². The molecule has 0 bridgehead atoms. The molecular weight excluding hydrogens is 442 g/mol. The van der Waals surface area contributed by atoms with Crippen LogP contribution in [0, 0.1) is 0 Å². The fraction of sp³-hybridized carbons (Fsp3) is 0.400. The van der Waals surface area contributed by atoms with Crippen LogP contribution < -0.4 is 4.90 Å².